The average Bonchev–Trinajstić information content (AvgIpc) is 2.53. The molecule has 0 spiro atoms. The maximum atomic E-state index is 11.0. The number of carboxylic acids is 2. The first-order chi connectivity index (χ1) is 10.5. The van der Waals surface area contributed by atoms with E-state index in [-0.39, 0.29) is 23.5 Å². The van der Waals surface area contributed by atoms with Crippen LogP contribution in [0.4, 0.5) is 0 Å². The molecule has 0 aliphatic carbocycles. The monoisotopic (exact) mass is 364 g/mol. The van der Waals surface area contributed by atoms with Crippen molar-refractivity contribution >= 4 is 27.9 Å². The van der Waals surface area contributed by atoms with Gasteiger partial charge < -0.3 is 14.9 Å². The first-order valence-electron chi connectivity index (χ1n) is 6.38. The van der Waals surface area contributed by atoms with E-state index >= 15 is 0 Å². The quantitative estimate of drug-likeness (QED) is 0.765. The van der Waals surface area contributed by atoms with Gasteiger partial charge in [0.1, 0.15) is 12.4 Å². The zero-order valence-corrected chi connectivity index (χ0v) is 13.0. The summed E-state index contributed by atoms with van der Waals surface area (Å²) in [5.74, 6) is -2.19. The molecule has 22 heavy (non-hydrogen) atoms. The molecule has 2 rings (SSSR count). The lowest BCUT2D eigenvalue weighted by Crippen LogP contribution is -2.04. The zero-order chi connectivity index (χ0) is 16.1. The minimum Gasteiger partial charge on any atom is -0.489 e. The van der Waals surface area contributed by atoms with E-state index in [2.05, 4.69) is 15.9 Å². The molecule has 2 aromatic carbocycles. The Hall–Kier alpha value is -2.34. The van der Waals surface area contributed by atoms with E-state index in [0.29, 0.717) is 0 Å². The van der Waals surface area contributed by atoms with Crippen LogP contribution < -0.4 is 4.74 Å². The van der Waals surface area contributed by atoms with Gasteiger partial charge in [-0.2, -0.15) is 0 Å². The van der Waals surface area contributed by atoms with Crippen LogP contribution >= 0.6 is 15.9 Å². The van der Waals surface area contributed by atoms with Crippen LogP contribution in [0.2, 0.25) is 0 Å². The fourth-order valence-corrected chi connectivity index (χ4v) is 2.19. The second-order valence-electron chi connectivity index (χ2n) is 4.60. The first-order valence-corrected chi connectivity index (χ1v) is 7.50. The van der Waals surface area contributed by atoms with Crippen LogP contribution in [-0.2, 0) is 11.9 Å². The molecule has 2 aromatic rings. The molecule has 0 bridgehead atoms. The number of benzene rings is 2. The molecule has 0 saturated carbocycles. The Balaban J connectivity index is 2.17. The Bertz CT molecular complexity index is 662. The minimum atomic E-state index is -1.20. The van der Waals surface area contributed by atoms with Crippen molar-refractivity contribution in [2.45, 2.75) is 11.9 Å². The highest BCUT2D eigenvalue weighted by Crippen LogP contribution is 2.19. The second kappa shape index (κ2) is 7.09. The molecule has 0 aliphatic heterocycles. The fourth-order valence-electron chi connectivity index (χ4n) is 1.82. The topological polar surface area (TPSA) is 83.8 Å². The molecule has 0 aromatic heterocycles. The standard InChI is InChI=1S/C16H13BrO5/c17-8-10-1-3-11(4-2-10)9-22-14-6-12(15(18)19)5-13(7-14)16(20)21/h1-7H,8-9H2,(H,18,19)(H,20,21). The number of carboxylic acid groups (broad SMARTS) is 2. The highest BCUT2D eigenvalue weighted by molar-refractivity contribution is 9.08. The van der Waals surface area contributed by atoms with Gasteiger partial charge in [0, 0.05) is 5.33 Å². The van der Waals surface area contributed by atoms with E-state index in [9.17, 15) is 9.59 Å². The third-order valence-corrected chi connectivity index (χ3v) is 3.63. The highest BCUT2D eigenvalue weighted by Gasteiger charge is 2.12. The Morgan fingerprint density at radius 2 is 1.41 bits per heavy atom. The van der Waals surface area contributed by atoms with Gasteiger partial charge in [-0.3, -0.25) is 0 Å². The van der Waals surface area contributed by atoms with Crippen molar-refractivity contribution in [1.82, 2.24) is 0 Å². The second-order valence-corrected chi connectivity index (χ2v) is 5.16. The lowest BCUT2D eigenvalue weighted by atomic mass is 10.1. The molecular formula is C16H13BrO5. The lowest BCUT2D eigenvalue weighted by Gasteiger charge is -2.09. The van der Waals surface area contributed by atoms with E-state index < -0.39 is 11.9 Å². The Labute approximate surface area is 135 Å². The predicted molar refractivity (Wildman–Crippen MR) is 83.8 cm³/mol. The van der Waals surface area contributed by atoms with Gasteiger partial charge >= 0.3 is 11.9 Å². The van der Waals surface area contributed by atoms with E-state index in [1.165, 1.54) is 12.1 Å². The van der Waals surface area contributed by atoms with Crippen molar-refractivity contribution in [2.75, 3.05) is 0 Å². The molecule has 6 heteroatoms. The summed E-state index contributed by atoms with van der Waals surface area (Å²) in [5.41, 5.74) is 1.79. The summed E-state index contributed by atoms with van der Waals surface area (Å²) in [6.45, 7) is 0.227. The van der Waals surface area contributed by atoms with Crippen molar-refractivity contribution < 1.29 is 24.5 Å². The SMILES string of the molecule is O=C(O)c1cc(OCc2ccc(CBr)cc2)cc(C(=O)O)c1. The van der Waals surface area contributed by atoms with Crippen LogP contribution in [0.5, 0.6) is 5.75 Å². The summed E-state index contributed by atoms with van der Waals surface area (Å²) in [5, 5.41) is 18.8. The van der Waals surface area contributed by atoms with Gasteiger partial charge in [-0.15, -0.1) is 0 Å². The normalized spacial score (nSPS) is 10.2. The van der Waals surface area contributed by atoms with Crippen LogP contribution in [0, 0.1) is 0 Å². The van der Waals surface area contributed by atoms with Crippen molar-refractivity contribution in [2.24, 2.45) is 0 Å². The van der Waals surface area contributed by atoms with Crippen LogP contribution in [0.1, 0.15) is 31.8 Å². The van der Waals surface area contributed by atoms with Crippen LogP contribution in [0.25, 0.3) is 0 Å². The Kier molecular flexibility index (Phi) is 5.16. The third-order valence-electron chi connectivity index (χ3n) is 2.98. The molecule has 0 fully saturated rings. The molecule has 2 N–H and O–H groups in total. The van der Waals surface area contributed by atoms with Gasteiger partial charge in [-0.1, -0.05) is 40.2 Å². The fraction of sp³-hybridized carbons (Fsp3) is 0.125. The van der Waals surface area contributed by atoms with E-state index in [1.54, 1.807) is 0 Å². The van der Waals surface area contributed by atoms with Crippen LogP contribution in [-0.4, -0.2) is 22.2 Å². The van der Waals surface area contributed by atoms with Gasteiger partial charge in [-0.05, 0) is 29.3 Å². The molecule has 114 valence electrons. The number of carbonyl (C=O) groups is 2. The summed E-state index contributed by atoms with van der Waals surface area (Å²) < 4.78 is 5.51. The Morgan fingerprint density at radius 3 is 1.86 bits per heavy atom. The van der Waals surface area contributed by atoms with Gasteiger partial charge in [0.25, 0.3) is 0 Å². The zero-order valence-electron chi connectivity index (χ0n) is 11.5. The molecule has 5 nitrogen and oxygen atoms in total. The molecule has 0 amide bonds. The molecule has 0 unspecified atom stereocenters. The molecule has 0 atom stereocenters. The first kappa shape index (κ1) is 16.0. The van der Waals surface area contributed by atoms with Crippen LogP contribution in [0.15, 0.2) is 42.5 Å². The smallest absolute Gasteiger partial charge is 0.335 e. The Morgan fingerprint density at radius 1 is 0.909 bits per heavy atom. The average molecular weight is 365 g/mol. The summed E-state index contributed by atoms with van der Waals surface area (Å²) >= 11 is 3.36. The number of alkyl halides is 1. The summed E-state index contributed by atoms with van der Waals surface area (Å²) in [7, 11) is 0. The van der Waals surface area contributed by atoms with Crippen LogP contribution in [0.3, 0.4) is 0 Å². The van der Waals surface area contributed by atoms with Crippen molar-refractivity contribution in [3.05, 3.63) is 64.7 Å². The maximum Gasteiger partial charge on any atom is 0.335 e. The van der Waals surface area contributed by atoms with E-state index in [4.69, 9.17) is 14.9 Å². The highest BCUT2D eigenvalue weighted by atomic mass is 79.9. The van der Waals surface area contributed by atoms with Gasteiger partial charge in [0.15, 0.2) is 0 Å². The summed E-state index contributed by atoms with van der Waals surface area (Å²) in [6, 6.07) is 11.4. The summed E-state index contributed by atoms with van der Waals surface area (Å²) in [4.78, 5) is 22.0. The number of aromatic carboxylic acids is 2. The van der Waals surface area contributed by atoms with Crippen molar-refractivity contribution in [3.8, 4) is 5.75 Å². The molecule has 0 heterocycles. The molecule has 0 saturated heterocycles. The maximum absolute atomic E-state index is 11.0. The largest absolute Gasteiger partial charge is 0.489 e. The number of hydrogen-bond acceptors (Lipinski definition) is 3. The van der Waals surface area contributed by atoms with Gasteiger partial charge in [0.2, 0.25) is 0 Å². The lowest BCUT2D eigenvalue weighted by molar-refractivity contribution is 0.0696. The number of halogens is 1. The third kappa shape index (κ3) is 4.08. The summed E-state index contributed by atoms with van der Waals surface area (Å²) in [6.07, 6.45) is 0. The molecular weight excluding hydrogens is 352 g/mol. The van der Waals surface area contributed by atoms with E-state index in [1.807, 2.05) is 24.3 Å². The van der Waals surface area contributed by atoms with E-state index in [0.717, 1.165) is 22.5 Å². The van der Waals surface area contributed by atoms with Gasteiger partial charge in [-0.25, -0.2) is 9.59 Å². The number of hydrogen-bond donors (Lipinski definition) is 2. The predicted octanol–water partition coefficient (Wildman–Crippen LogP) is 3.56. The minimum absolute atomic E-state index is 0.121. The van der Waals surface area contributed by atoms with Crippen molar-refractivity contribution in [1.29, 1.82) is 0 Å². The number of ether oxygens (including phenoxy) is 1. The molecule has 0 aliphatic rings. The number of rotatable bonds is 6. The molecule has 0 radical (unpaired) electrons. The van der Waals surface area contributed by atoms with Crippen molar-refractivity contribution in [3.63, 3.8) is 0 Å². The van der Waals surface area contributed by atoms with Gasteiger partial charge in [0.05, 0.1) is 11.1 Å².